The number of carbonyl (C=O) groups excluding carboxylic acids is 1. The number of nitrogens with one attached hydrogen (secondary N) is 1. The van der Waals surface area contributed by atoms with E-state index in [4.69, 9.17) is 0 Å². The average Bonchev–Trinajstić information content (AvgIpc) is 3.17. The third-order valence-corrected chi connectivity index (χ3v) is 5.46. The predicted molar refractivity (Wildman–Crippen MR) is 105 cm³/mol. The van der Waals surface area contributed by atoms with Crippen molar-refractivity contribution in [1.82, 2.24) is 14.8 Å². The van der Waals surface area contributed by atoms with E-state index in [0.717, 1.165) is 36.6 Å². The number of hydrogen-bond donors (Lipinski definition) is 2. The molecule has 2 heterocycles. The highest BCUT2D eigenvalue weighted by Crippen LogP contribution is 2.32. The molecule has 1 aliphatic carbocycles. The van der Waals surface area contributed by atoms with Gasteiger partial charge in [-0.1, -0.05) is 6.07 Å². The maximum Gasteiger partial charge on any atom is 0.280 e. The molecule has 0 saturated heterocycles. The Bertz CT molecular complexity index is 1010. The lowest BCUT2D eigenvalue weighted by molar-refractivity contribution is 0.102. The van der Waals surface area contributed by atoms with E-state index in [0.29, 0.717) is 17.6 Å². The number of alkyl halides is 2. The van der Waals surface area contributed by atoms with Crippen molar-refractivity contribution in [1.29, 1.82) is 0 Å². The lowest BCUT2D eigenvalue weighted by atomic mass is 9.87. The first-order chi connectivity index (χ1) is 14.0. The summed E-state index contributed by atoms with van der Waals surface area (Å²) in [6.07, 6.45) is 3.18. The summed E-state index contributed by atoms with van der Waals surface area (Å²) in [6, 6.07) is 9.66. The summed E-state index contributed by atoms with van der Waals surface area (Å²) in [5, 5.41) is 17.5. The zero-order chi connectivity index (χ0) is 20.4. The molecule has 8 heteroatoms. The van der Waals surface area contributed by atoms with Gasteiger partial charge in [-0.05, 0) is 61.9 Å². The van der Waals surface area contributed by atoms with Gasteiger partial charge in [0.05, 0.1) is 11.6 Å². The Morgan fingerprint density at radius 2 is 2.00 bits per heavy atom. The van der Waals surface area contributed by atoms with Gasteiger partial charge < -0.3 is 10.4 Å². The van der Waals surface area contributed by atoms with E-state index < -0.39 is 18.0 Å². The van der Waals surface area contributed by atoms with Crippen molar-refractivity contribution >= 4 is 22.5 Å². The van der Waals surface area contributed by atoms with Crippen molar-refractivity contribution in [3.8, 4) is 0 Å². The van der Waals surface area contributed by atoms with Crippen molar-refractivity contribution in [2.24, 2.45) is 5.92 Å². The Kier molecular flexibility index (Phi) is 5.53. The number of halogens is 2. The fraction of sp³-hybridized carbons (Fsp3) is 0.381. The zero-order valence-electron chi connectivity index (χ0n) is 15.8. The molecule has 4 rings (SSSR count). The Hall–Kier alpha value is -2.87. The summed E-state index contributed by atoms with van der Waals surface area (Å²) in [4.78, 5) is 16.1. The molecule has 0 atom stereocenters. The van der Waals surface area contributed by atoms with Gasteiger partial charge >= 0.3 is 0 Å². The topological polar surface area (TPSA) is 80.0 Å². The molecular weight excluding hydrogens is 378 g/mol. The van der Waals surface area contributed by atoms with E-state index in [1.807, 2.05) is 23.0 Å². The summed E-state index contributed by atoms with van der Waals surface area (Å²) in [5.41, 5.74) is 0.893. The molecule has 1 saturated carbocycles. The van der Waals surface area contributed by atoms with Crippen molar-refractivity contribution in [2.75, 3.05) is 11.9 Å². The Labute approximate surface area is 166 Å². The summed E-state index contributed by atoms with van der Waals surface area (Å²) < 4.78 is 27.6. The minimum atomic E-state index is -2.72. The zero-order valence-corrected chi connectivity index (χ0v) is 15.8. The number of amides is 1. The fourth-order valence-corrected chi connectivity index (χ4v) is 3.80. The number of aliphatic hydroxyl groups excluding tert-OH is 1. The molecule has 1 fully saturated rings. The standard InChI is InChI=1S/C21H22F2N4O2/c22-20(23)18-2-1-3-19(25-18)21(29)24-15-6-9-17-14(10-15)11-27(26-17)16-7-4-13(12-28)5-8-16/h1-3,6,9-11,13,16,20,28H,4-5,7-8,12H2,(H,24,29). The third kappa shape index (κ3) is 4.27. The van der Waals surface area contributed by atoms with Crippen molar-refractivity contribution in [3.05, 3.63) is 54.0 Å². The number of fused-ring (bicyclic) bond motifs is 1. The second-order valence-corrected chi connectivity index (χ2v) is 7.44. The monoisotopic (exact) mass is 400 g/mol. The molecule has 0 radical (unpaired) electrons. The van der Waals surface area contributed by atoms with Crippen molar-refractivity contribution in [2.45, 2.75) is 38.2 Å². The normalized spacial score (nSPS) is 19.6. The van der Waals surface area contributed by atoms with E-state index in [-0.39, 0.29) is 12.3 Å². The van der Waals surface area contributed by atoms with Crippen molar-refractivity contribution in [3.63, 3.8) is 0 Å². The Morgan fingerprint density at radius 3 is 2.72 bits per heavy atom. The Morgan fingerprint density at radius 1 is 1.21 bits per heavy atom. The molecule has 152 valence electrons. The molecule has 29 heavy (non-hydrogen) atoms. The van der Waals surface area contributed by atoms with Crippen LogP contribution in [0, 0.1) is 5.92 Å². The Balaban J connectivity index is 1.49. The number of carbonyl (C=O) groups is 1. The summed E-state index contributed by atoms with van der Waals surface area (Å²) in [6.45, 7) is 0.242. The van der Waals surface area contributed by atoms with Crippen LogP contribution in [-0.2, 0) is 0 Å². The summed E-state index contributed by atoms with van der Waals surface area (Å²) in [7, 11) is 0. The van der Waals surface area contributed by atoms with Gasteiger partial charge in [-0.15, -0.1) is 0 Å². The molecule has 0 bridgehead atoms. The molecule has 1 aliphatic rings. The number of hydrogen-bond acceptors (Lipinski definition) is 4. The van der Waals surface area contributed by atoms with Gasteiger partial charge in [-0.2, -0.15) is 5.10 Å². The van der Waals surface area contributed by atoms with E-state index in [2.05, 4.69) is 15.4 Å². The number of anilines is 1. The van der Waals surface area contributed by atoms with E-state index in [1.54, 1.807) is 6.07 Å². The van der Waals surface area contributed by atoms with E-state index >= 15 is 0 Å². The quantitative estimate of drug-likeness (QED) is 0.668. The molecule has 0 aliphatic heterocycles. The minimum Gasteiger partial charge on any atom is -0.396 e. The van der Waals surface area contributed by atoms with Crippen LogP contribution in [0.5, 0.6) is 0 Å². The average molecular weight is 400 g/mol. The molecule has 1 aromatic carbocycles. The molecule has 6 nitrogen and oxygen atoms in total. The first-order valence-corrected chi connectivity index (χ1v) is 9.69. The summed E-state index contributed by atoms with van der Waals surface area (Å²) in [5.74, 6) is -0.156. The van der Waals surface area contributed by atoms with Crippen LogP contribution in [0.2, 0.25) is 0 Å². The maximum atomic E-state index is 12.8. The van der Waals surface area contributed by atoms with Crippen LogP contribution in [0.1, 0.15) is 54.3 Å². The molecule has 2 aromatic heterocycles. The first-order valence-electron chi connectivity index (χ1n) is 9.69. The van der Waals surface area contributed by atoms with Gasteiger partial charge in [0.1, 0.15) is 11.4 Å². The highest BCUT2D eigenvalue weighted by atomic mass is 19.3. The van der Waals surface area contributed by atoms with E-state index in [1.165, 1.54) is 18.2 Å². The van der Waals surface area contributed by atoms with Crippen molar-refractivity contribution < 1.29 is 18.7 Å². The van der Waals surface area contributed by atoms with Crippen LogP contribution in [0.15, 0.2) is 42.6 Å². The van der Waals surface area contributed by atoms with Crippen LogP contribution in [-0.4, -0.2) is 32.4 Å². The molecule has 0 unspecified atom stereocenters. The number of aliphatic hydroxyl groups is 1. The van der Waals surface area contributed by atoms with Crippen LogP contribution in [0.4, 0.5) is 14.5 Å². The lowest BCUT2D eigenvalue weighted by Gasteiger charge is -2.27. The first kappa shape index (κ1) is 19.4. The van der Waals surface area contributed by atoms with Gasteiger partial charge in [-0.3, -0.25) is 9.48 Å². The number of nitrogens with zero attached hydrogens (tertiary/aromatic N) is 3. The lowest BCUT2D eigenvalue weighted by Crippen LogP contribution is -2.20. The van der Waals surface area contributed by atoms with Gasteiger partial charge in [0.15, 0.2) is 0 Å². The van der Waals surface area contributed by atoms with Gasteiger partial charge in [0, 0.05) is 23.9 Å². The highest BCUT2D eigenvalue weighted by Gasteiger charge is 2.22. The highest BCUT2D eigenvalue weighted by molar-refractivity contribution is 6.03. The number of benzene rings is 1. The maximum absolute atomic E-state index is 12.8. The molecule has 2 N–H and O–H groups in total. The van der Waals surface area contributed by atoms with Gasteiger partial charge in [0.25, 0.3) is 12.3 Å². The summed E-state index contributed by atoms with van der Waals surface area (Å²) >= 11 is 0. The molecule has 3 aromatic rings. The van der Waals surface area contributed by atoms with E-state index in [9.17, 15) is 18.7 Å². The minimum absolute atomic E-state index is 0.0563. The molecule has 1 amide bonds. The molecular formula is C21H22F2N4O2. The van der Waals surface area contributed by atoms with Crippen LogP contribution >= 0.6 is 0 Å². The van der Waals surface area contributed by atoms with Crippen LogP contribution in [0.3, 0.4) is 0 Å². The second kappa shape index (κ2) is 8.24. The third-order valence-electron chi connectivity index (χ3n) is 5.46. The van der Waals surface area contributed by atoms with Crippen LogP contribution in [0.25, 0.3) is 10.9 Å². The largest absolute Gasteiger partial charge is 0.396 e. The molecule has 0 spiro atoms. The van der Waals surface area contributed by atoms with Gasteiger partial charge in [-0.25, -0.2) is 13.8 Å². The number of aromatic nitrogens is 3. The second-order valence-electron chi connectivity index (χ2n) is 7.44. The number of pyridine rings is 1. The smallest absolute Gasteiger partial charge is 0.280 e. The predicted octanol–water partition coefficient (Wildman–Crippen LogP) is 4.34. The SMILES string of the molecule is O=C(Nc1ccc2nn(C3CCC(CO)CC3)cc2c1)c1cccc(C(F)F)n1. The number of rotatable bonds is 5. The van der Waals surface area contributed by atoms with Gasteiger partial charge in [0.2, 0.25) is 0 Å². The van der Waals surface area contributed by atoms with Crippen LogP contribution < -0.4 is 5.32 Å². The fourth-order valence-electron chi connectivity index (χ4n) is 3.80.